The summed E-state index contributed by atoms with van der Waals surface area (Å²) in [6, 6.07) is 0. The minimum Gasteiger partial charge on any atom is -0.462 e. The van der Waals surface area contributed by atoms with Crippen LogP contribution in [-0.2, 0) is 35.2 Å². The van der Waals surface area contributed by atoms with Crippen molar-refractivity contribution >= 4 is 61.5 Å². The Morgan fingerprint density at radius 2 is 2.00 bits per heavy atom. The Labute approximate surface area is 205 Å². The number of amides is 1. The highest BCUT2D eigenvalue weighted by molar-refractivity contribution is 8.00. The third-order valence-electron chi connectivity index (χ3n) is 6.30. The molecule has 3 aromatic heterocycles. The average Bonchev–Trinajstić information content (AvgIpc) is 3.35. The predicted octanol–water partition coefficient (Wildman–Crippen LogP) is 5.66. The number of carbonyl (C=O) groups excluding carboxylic acids is 2. The molecule has 3 aromatic rings. The van der Waals surface area contributed by atoms with E-state index in [9.17, 15) is 9.59 Å². The van der Waals surface area contributed by atoms with E-state index in [0.717, 1.165) is 52.9 Å². The number of fused-ring (bicyclic) bond motifs is 4. The molecule has 6 nitrogen and oxygen atoms in total. The number of aryl methyl sites for hydroxylation is 2. The summed E-state index contributed by atoms with van der Waals surface area (Å²) in [5.41, 5.74) is 2.98. The number of anilines is 1. The molecule has 0 aromatic carbocycles. The molecule has 0 bridgehead atoms. The number of hydrogen-bond donors (Lipinski definition) is 1. The van der Waals surface area contributed by atoms with Crippen molar-refractivity contribution in [3.05, 3.63) is 32.8 Å². The molecule has 174 valence electrons. The highest BCUT2D eigenvalue weighted by Gasteiger charge is 2.29. The molecule has 0 saturated carbocycles. The van der Waals surface area contributed by atoms with Crippen LogP contribution in [0.2, 0.25) is 0 Å². The SMILES string of the molecule is CCOC(=O)c1c(NC(=O)CSc2ncnc3sc4c(c23)CCCC4)sc2c1CCC(C)C2. The second-order valence-corrected chi connectivity index (χ2v) is 11.8. The molecule has 1 amide bonds. The zero-order valence-corrected chi connectivity index (χ0v) is 21.3. The Bertz CT molecular complexity index is 1220. The normalized spacial score (nSPS) is 17.5. The molecule has 1 unspecified atom stereocenters. The molecular weight excluding hydrogens is 474 g/mol. The van der Waals surface area contributed by atoms with E-state index in [1.165, 1.54) is 51.3 Å². The molecule has 0 saturated heterocycles. The molecule has 1 N–H and O–H groups in total. The number of carbonyl (C=O) groups is 2. The quantitative estimate of drug-likeness (QED) is 0.266. The Balaban J connectivity index is 1.35. The van der Waals surface area contributed by atoms with Gasteiger partial charge in [-0.15, -0.1) is 22.7 Å². The number of thiophene rings is 2. The molecule has 2 aliphatic rings. The summed E-state index contributed by atoms with van der Waals surface area (Å²) in [6.45, 7) is 4.35. The van der Waals surface area contributed by atoms with Gasteiger partial charge in [-0.1, -0.05) is 18.7 Å². The first-order valence-corrected chi connectivity index (χ1v) is 14.2. The maximum atomic E-state index is 12.9. The van der Waals surface area contributed by atoms with Crippen LogP contribution < -0.4 is 5.32 Å². The van der Waals surface area contributed by atoms with Gasteiger partial charge in [0, 0.05) is 15.1 Å². The van der Waals surface area contributed by atoms with Crippen molar-refractivity contribution in [1.29, 1.82) is 0 Å². The summed E-state index contributed by atoms with van der Waals surface area (Å²) in [7, 11) is 0. The van der Waals surface area contributed by atoms with Crippen LogP contribution in [0.5, 0.6) is 0 Å². The monoisotopic (exact) mass is 501 g/mol. The van der Waals surface area contributed by atoms with E-state index in [1.807, 2.05) is 0 Å². The summed E-state index contributed by atoms with van der Waals surface area (Å²) in [6.07, 6.45) is 9.03. The van der Waals surface area contributed by atoms with Gasteiger partial charge in [0.1, 0.15) is 21.2 Å². The van der Waals surface area contributed by atoms with Gasteiger partial charge >= 0.3 is 5.97 Å². The Hall–Kier alpha value is -1.97. The number of nitrogens with zero attached hydrogens (tertiary/aromatic N) is 2. The second-order valence-electron chi connectivity index (χ2n) is 8.68. The Morgan fingerprint density at radius 1 is 1.15 bits per heavy atom. The lowest BCUT2D eigenvalue weighted by Gasteiger charge is -2.18. The summed E-state index contributed by atoms with van der Waals surface area (Å²) < 4.78 is 5.32. The lowest BCUT2D eigenvalue weighted by molar-refractivity contribution is -0.113. The van der Waals surface area contributed by atoms with Crippen molar-refractivity contribution in [1.82, 2.24) is 9.97 Å². The van der Waals surface area contributed by atoms with Gasteiger partial charge in [0.15, 0.2) is 0 Å². The van der Waals surface area contributed by atoms with E-state index >= 15 is 0 Å². The second kappa shape index (κ2) is 9.72. The number of hydrogen-bond acceptors (Lipinski definition) is 8. The Kier molecular flexibility index (Phi) is 6.72. The predicted molar refractivity (Wildman–Crippen MR) is 135 cm³/mol. The van der Waals surface area contributed by atoms with Gasteiger partial charge in [-0.3, -0.25) is 4.79 Å². The van der Waals surface area contributed by atoms with Crippen molar-refractivity contribution in [2.45, 2.75) is 63.8 Å². The van der Waals surface area contributed by atoms with Gasteiger partial charge < -0.3 is 10.1 Å². The van der Waals surface area contributed by atoms with Crippen molar-refractivity contribution in [2.75, 3.05) is 17.7 Å². The summed E-state index contributed by atoms with van der Waals surface area (Å²) >= 11 is 4.73. The minimum atomic E-state index is -0.338. The fraction of sp³-hybridized carbons (Fsp3) is 0.500. The number of nitrogens with one attached hydrogen (secondary N) is 1. The molecule has 9 heteroatoms. The highest BCUT2D eigenvalue weighted by atomic mass is 32.2. The number of rotatable bonds is 6. The minimum absolute atomic E-state index is 0.131. The first kappa shape index (κ1) is 22.8. The third kappa shape index (κ3) is 4.55. The van der Waals surface area contributed by atoms with Crippen molar-refractivity contribution in [3.63, 3.8) is 0 Å². The smallest absolute Gasteiger partial charge is 0.341 e. The maximum Gasteiger partial charge on any atom is 0.341 e. The van der Waals surface area contributed by atoms with E-state index in [4.69, 9.17) is 4.74 Å². The van der Waals surface area contributed by atoms with Gasteiger partial charge in [-0.2, -0.15) is 0 Å². The standard InChI is InChI=1S/C24H27N3O3S3/c1-3-30-24(29)20-15-9-8-13(2)10-17(15)33-23(20)27-18(28)11-31-21-19-14-6-4-5-7-16(14)32-22(19)26-12-25-21/h12-13H,3-11H2,1-2H3,(H,27,28). The molecule has 5 rings (SSSR count). The first-order valence-electron chi connectivity index (χ1n) is 11.5. The van der Waals surface area contributed by atoms with E-state index in [-0.39, 0.29) is 17.6 Å². The van der Waals surface area contributed by atoms with Crippen LogP contribution in [0.1, 0.15) is 64.3 Å². The number of aromatic nitrogens is 2. The van der Waals surface area contributed by atoms with Crippen molar-refractivity contribution in [2.24, 2.45) is 5.92 Å². The number of ether oxygens (including phenoxy) is 1. The zero-order valence-electron chi connectivity index (χ0n) is 18.9. The molecule has 1 atom stereocenters. The fourth-order valence-electron chi connectivity index (χ4n) is 4.73. The van der Waals surface area contributed by atoms with Gasteiger partial charge in [0.25, 0.3) is 0 Å². The van der Waals surface area contributed by atoms with Crippen LogP contribution in [0.3, 0.4) is 0 Å². The van der Waals surface area contributed by atoms with Crippen molar-refractivity contribution < 1.29 is 14.3 Å². The van der Waals surface area contributed by atoms with E-state index < -0.39 is 0 Å². The molecular formula is C24H27N3O3S3. The summed E-state index contributed by atoms with van der Waals surface area (Å²) in [5.74, 6) is 0.350. The van der Waals surface area contributed by atoms with E-state index in [1.54, 1.807) is 24.6 Å². The summed E-state index contributed by atoms with van der Waals surface area (Å²) in [4.78, 5) is 38.3. The van der Waals surface area contributed by atoms with Gasteiger partial charge in [-0.25, -0.2) is 14.8 Å². The van der Waals surface area contributed by atoms with Crippen molar-refractivity contribution in [3.8, 4) is 0 Å². The van der Waals surface area contributed by atoms with Gasteiger partial charge in [0.2, 0.25) is 5.91 Å². The molecule has 33 heavy (non-hydrogen) atoms. The topological polar surface area (TPSA) is 81.2 Å². The molecule has 0 spiro atoms. The van der Waals surface area contributed by atoms with Crippen LogP contribution in [-0.4, -0.2) is 34.2 Å². The van der Waals surface area contributed by atoms with Gasteiger partial charge in [-0.05, 0) is 68.9 Å². The molecule has 0 aliphatic heterocycles. The lowest BCUT2D eigenvalue weighted by atomic mass is 9.88. The zero-order chi connectivity index (χ0) is 22.9. The lowest BCUT2D eigenvalue weighted by Crippen LogP contribution is -2.17. The van der Waals surface area contributed by atoms with E-state index in [0.29, 0.717) is 23.1 Å². The first-order chi connectivity index (χ1) is 16.0. The highest BCUT2D eigenvalue weighted by Crippen LogP contribution is 2.41. The average molecular weight is 502 g/mol. The summed E-state index contributed by atoms with van der Waals surface area (Å²) in [5, 5.41) is 5.64. The number of esters is 1. The fourth-order valence-corrected chi connectivity index (χ4v) is 8.26. The maximum absolute atomic E-state index is 12.9. The largest absolute Gasteiger partial charge is 0.462 e. The molecule has 2 aliphatic carbocycles. The van der Waals surface area contributed by atoms with Crippen LogP contribution in [0.15, 0.2) is 11.4 Å². The molecule has 0 fully saturated rings. The number of thioether (sulfide) groups is 1. The van der Waals surface area contributed by atoms with Crippen LogP contribution in [0.4, 0.5) is 5.00 Å². The van der Waals surface area contributed by atoms with E-state index in [2.05, 4.69) is 22.2 Å². The molecule has 3 heterocycles. The van der Waals surface area contributed by atoms with Crippen LogP contribution in [0, 0.1) is 5.92 Å². The van der Waals surface area contributed by atoms with Crippen LogP contribution >= 0.6 is 34.4 Å². The van der Waals surface area contributed by atoms with Crippen LogP contribution in [0.25, 0.3) is 10.2 Å². The molecule has 0 radical (unpaired) electrons. The third-order valence-corrected chi connectivity index (χ3v) is 9.66. The van der Waals surface area contributed by atoms with Gasteiger partial charge in [0.05, 0.1) is 17.9 Å². The Morgan fingerprint density at radius 3 is 2.85 bits per heavy atom.